The van der Waals surface area contributed by atoms with Crippen molar-refractivity contribution in [2.24, 2.45) is 0 Å². The third kappa shape index (κ3) is 5.83. The van der Waals surface area contributed by atoms with E-state index in [1.54, 1.807) is 14.2 Å². The van der Waals surface area contributed by atoms with Crippen molar-refractivity contribution in [3.8, 4) is 28.6 Å². The van der Waals surface area contributed by atoms with Gasteiger partial charge in [-0.1, -0.05) is 48.2 Å². The average Bonchev–Trinajstić information content (AvgIpc) is 3.31. The fourth-order valence-corrected chi connectivity index (χ4v) is 4.36. The number of carbonyl (C=O) groups excluding carboxylic acids is 1. The number of nitrogens with one attached hydrogen (secondary N) is 1. The number of rotatable bonds is 10. The van der Waals surface area contributed by atoms with Crippen molar-refractivity contribution < 1.29 is 23.0 Å². The van der Waals surface area contributed by atoms with E-state index in [2.05, 4.69) is 15.5 Å². The Morgan fingerprint density at radius 3 is 2.47 bits per heavy atom. The number of aromatic nitrogens is 3. The second-order valence-corrected chi connectivity index (χ2v) is 8.62. The summed E-state index contributed by atoms with van der Waals surface area (Å²) in [5.74, 6) is 0.0358. The zero-order valence-electron chi connectivity index (χ0n) is 19.7. The lowest BCUT2D eigenvalue weighted by molar-refractivity contribution is -0.118. The molecule has 1 amide bonds. The summed E-state index contributed by atoms with van der Waals surface area (Å²) < 4.78 is 40.3. The first-order chi connectivity index (χ1) is 17.5. The molecule has 0 aliphatic rings. The van der Waals surface area contributed by atoms with Crippen molar-refractivity contribution in [2.75, 3.05) is 26.5 Å². The van der Waals surface area contributed by atoms with Crippen LogP contribution in [0.25, 0.3) is 17.1 Å². The number of hydrogen-bond donors (Lipinski definition) is 1. The van der Waals surface area contributed by atoms with Gasteiger partial charge in [0.15, 0.2) is 22.5 Å². The Hall–Kier alpha value is -3.92. The Bertz CT molecular complexity index is 1350. The standard InChI is InChI=1S/C26H24F2N4O3S/c1-34-22-11-8-17(14-23(22)35-2)12-13-29-24(33)16-36-26-31-30-25(18-6-4-3-5-7-18)32(26)21-10-9-19(27)15-20(21)28/h3-11,14-15H,12-13,16H2,1-2H3,(H,29,33). The van der Waals surface area contributed by atoms with Crippen LogP contribution in [0, 0.1) is 11.6 Å². The topological polar surface area (TPSA) is 78.3 Å². The number of thioether (sulfide) groups is 1. The second kappa shape index (κ2) is 11.7. The molecule has 0 aliphatic carbocycles. The van der Waals surface area contributed by atoms with E-state index >= 15 is 0 Å². The van der Waals surface area contributed by atoms with Crippen LogP contribution in [-0.2, 0) is 11.2 Å². The van der Waals surface area contributed by atoms with E-state index in [1.165, 1.54) is 16.7 Å². The molecule has 7 nitrogen and oxygen atoms in total. The van der Waals surface area contributed by atoms with Gasteiger partial charge in [0, 0.05) is 18.2 Å². The van der Waals surface area contributed by atoms with Crippen LogP contribution >= 0.6 is 11.8 Å². The molecule has 1 N–H and O–H groups in total. The van der Waals surface area contributed by atoms with E-state index < -0.39 is 11.6 Å². The van der Waals surface area contributed by atoms with Gasteiger partial charge in [-0.25, -0.2) is 8.78 Å². The summed E-state index contributed by atoms with van der Waals surface area (Å²) in [7, 11) is 3.14. The smallest absolute Gasteiger partial charge is 0.230 e. The van der Waals surface area contributed by atoms with Crippen molar-refractivity contribution in [1.82, 2.24) is 20.1 Å². The number of nitrogens with zero attached hydrogens (tertiary/aromatic N) is 3. The zero-order valence-corrected chi connectivity index (χ0v) is 20.5. The molecule has 0 fully saturated rings. The summed E-state index contributed by atoms with van der Waals surface area (Å²) in [6.07, 6.45) is 0.603. The number of hydrogen-bond acceptors (Lipinski definition) is 6. The molecule has 36 heavy (non-hydrogen) atoms. The van der Waals surface area contributed by atoms with Gasteiger partial charge in [-0.15, -0.1) is 10.2 Å². The van der Waals surface area contributed by atoms with Crippen molar-refractivity contribution in [1.29, 1.82) is 0 Å². The Kier molecular flexibility index (Phi) is 8.17. The van der Waals surface area contributed by atoms with E-state index in [1.807, 2.05) is 48.5 Å². The molecule has 0 bridgehead atoms. The molecule has 3 aromatic carbocycles. The van der Waals surface area contributed by atoms with Gasteiger partial charge in [0.25, 0.3) is 0 Å². The molecular weight excluding hydrogens is 486 g/mol. The van der Waals surface area contributed by atoms with E-state index in [9.17, 15) is 13.6 Å². The summed E-state index contributed by atoms with van der Waals surface area (Å²) in [4.78, 5) is 12.5. The minimum absolute atomic E-state index is 0.0433. The van der Waals surface area contributed by atoms with Crippen LogP contribution in [0.2, 0.25) is 0 Å². The van der Waals surface area contributed by atoms with Gasteiger partial charge >= 0.3 is 0 Å². The molecule has 1 aromatic heterocycles. The number of ether oxygens (including phenoxy) is 2. The molecule has 4 rings (SSSR count). The minimum Gasteiger partial charge on any atom is -0.493 e. The first kappa shape index (κ1) is 25.2. The first-order valence-corrected chi connectivity index (χ1v) is 12.1. The lowest BCUT2D eigenvalue weighted by atomic mass is 10.1. The van der Waals surface area contributed by atoms with Crippen LogP contribution in [0.3, 0.4) is 0 Å². The van der Waals surface area contributed by atoms with E-state index in [0.29, 0.717) is 41.0 Å². The maximum Gasteiger partial charge on any atom is 0.230 e. The van der Waals surface area contributed by atoms with Gasteiger partial charge in [-0.3, -0.25) is 9.36 Å². The van der Waals surface area contributed by atoms with Crippen LogP contribution in [0.15, 0.2) is 71.9 Å². The van der Waals surface area contributed by atoms with Gasteiger partial charge in [0.1, 0.15) is 11.6 Å². The molecule has 0 saturated carbocycles. The van der Waals surface area contributed by atoms with Gasteiger partial charge < -0.3 is 14.8 Å². The van der Waals surface area contributed by atoms with Crippen molar-refractivity contribution in [2.45, 2.75) is 11.6 Å². The number of amides is 1. The van der Waals surface area contributed by atoms with Crippen molar-refractivity contribution in [3.05, 3.63) is 83.9 Å². The first-order valence-electron chi connectivity index (χ1n) is 11.1. The Morgan fingerprint density at radius 2 is 1.75 bits per heavy atom. The Labute approximate surface area is 211 Å². The molecule has 4 aromatic rings. The molecule has 0 atom stereocenters. The van der Waals surface area contributed by atoms with Gasteiger partial charge in [0.05, 0.1) is 25.7 Å². The molecule has 0 unspecified atom stereocenters. The summed E-state index contributed by atoms with van der Waals surface area (Å²) >= 11 is 1.12. The highest BCUT2D eigenvalue weighted by atomic mass is 32.2. The SMILES string of the molecule is COc1ccc(CCNC(=O)CSc2nnc(-c3ccccc3)n2-c2ccc(F)cc2F)cc1OC. The van der Waals surface area contributed by atoms with Gasteiger partial charge in [0.2, 0.25) is 5.91 Å². The van der Waals surface area contributed by atoms with Gasteiger partial charge in [-0.05, 0) is 36.2 Å². The normalized spacial score (nSPS) is 10.8. The molecular formula is C26H24F2N4O3S. The summed E-state index contributed by atoms with van der Waals surface area (Å²) in [6, 6.07) is 18.0. The van der Waals surface area contributed by atoms with E-state index in [-0.39, 0.29) is 17.3 Å². The van der Waals surface area contributed by atoms with Crippen LogP contribution in [0.4, 0.5) is 8.78 Å². The molecule has 1 heterocycles. The predicted octanol–water partition coefficient (Wildman–Crippen LogP) is 4.68. The fourth-order valence-electron chi connectivity index (χ4n) is 3.58. The summed E-state index contributed by atoms with van der Waals surface area (Å²) in [5, 5.41) is 11.6. The van der Waals surface area contributed by atoms with Crippen LogP contribution in [-0.4, -0.2) is 47.2 Å². The lowest BCUT2D eigenvalue weighted by Gasteiger charge is -2.12. The zero-order chi connectivity index (χ0) is 25.5. The van der Waals surface area contributed by atoms with Crippen molar-refractivity contribution >= 4 is 17.7 Å². The van der Waals surface area contributed by atoms with Crippen LogP contribution in [0.1, 0.15) is 5.56 Å². The number of methoxy groups -OCH3 is 2. The van der Waals surface area contributed by atoms with Crippen LogP contribution < -0.4 is 14.8 Å². The number of halogens is 2. The van der Waals surface area contributed by atoms with Gasteiger partial charge in [-0.2, -0.15) is 0 Å². The maximum absolute atomic E-state index is 14.7. The number of carbonyl (C=O) groups is 1. The third-order valence-electron chi connectivity index (χ3n) is 5.33. The fraction of sp³-hybridized carbons (Fsp3) is 0.192. The molecule has 0 spiro atoms. The molecule has 0 aliphatic heterocycles. The third-order valence-corrected chi connectivity index (χ3v) is 6.26. The largest absolute Gasteiger partial charge is 0.493 e. The highest BCUT2D eigenvalue weighted by Gasteiger charge is 2.20. The van der Waals surface area contributed by atoms with E-state index in [4.69, 9.17) is 9.47 Å². The molecule has 186 valence electrons. The second-order valence-electron chi connectivity index (χ2n) is 7.68. The van der Waals surface area contributed by atoms with E-state index in [0.717, 1.165) is 23.4 Å². The monoisotopic (exact) mass is 510 g/mol. The average molecular weight is 511 g/mol. The molecule has 0 radical (unpaired) electrons. The maximum atomic E-state index is 14.7. The predicted molar refractivity (Wildman–Crippen MR) is 134 cm³/mol. The molecule has 10 heteroatoms. The van der Waals surface area contributed by atoms with Crippen LogP contribution in [0.5, 0.6) is 11.5 Å². The highest BCUT2D eigenvalue weighted by molar-refractivity contribution is 7.99. The summed E-state index contributed by atoms with van der Waals surface area (Å²) in [5.41, 5.74) is 1.79. The minimum atomic E-state index is -0.756. The quantitative estimate of drug-likeness (QED) is 0.312. The highest BCUT2D eigenvalue weighted by Crippen LogP contribution is 2.30. The lowest BCUT2D eigenvalue weighted by Crippen LogP contribution is -2.27. The Morgan fingerprint density at radius 1 is 0.972 bits per heavy atom. The molecule has 0 saturated heterocycles. The summed E-state index contributed by atoms with van der Waals surface area (Å²) in [6.45, 7) is 0.420. The van der Waals surface area contributed by atoms with Crippen molar-refractivity contribution in [3.63, 3.8) is 0 Å². The number of benzene rings is 3. The Balaban J connectivity index is 1.45.